The van der Waals surface area contributed by atoms with Crippen molar-refractivity contribution in [2.45, 2.75) is 30.1 Å². The van der Waals surface area contributed by atoms with Gasteiger partial charge in [0.1, 0.15) is 10.0 Å². The first-order chi connectivity index (χ1) is 13.1. The van der Waals surface area contributed by atoms with E-state index in [4.69, 9.17) is 0 Å². The highest BCUT2D eigenvalue weighted by Gasteiger charge is 2.15. The van der Waals surface area contributed by atoms with Crippen molar-refractivity contribution in [2.24, 2.45) is 0 Å². The van der Waals surface area contributed by atoms with Crippen LogP contribution in [-0.2, 0) is 0 Å². The average molecular weight is 403 g/mol. The Balaban J connectivity index is 1.83. The van der Waals surface area contributed by atoms with Crippen molar-refractivity contribution in [2.75, 3.05) is 26.2 Å². The number of aromatic nitrogens is 3. The highest BCUT2D eigenvalue weighted by Crippen LogP contribution is 2.31. The third kappa shape index (κ3) is 5.03. The number of benzene rings is 1. The zero-order valence-electron chi connectivity index (χ0n) is 15.8. The van der Waals surface area contributed by atoms with E-state index in [2.05, 4.69) is 34.3 Å². The minimum atomic E-state index is -0.0598. The summed E-state index contributed by atoms with van der Waals surface area (Å²) in [5.41, 5.74) is 1.46. The maximum atomic E-state index is 12.8. The zero-order chi connectivity index (χ0) is 19.2. The maximum Gasteiger partial charge on any atom is 0.252 e. The molecule has 27 heavy (non-hydrogen) atoms. The molecule has 1 aromatic carbocycles. The molecule has 3 rings (SSSR count). The second-order valence-corrected chi connectivity index (χ2v) is 8.63. The first-order valence-electron chi connectivity index (χ1n) is 9.10. The van der Waals surface area contributed by atoms with Gasteiger partial charge >= 0.3 is 0 Å². The number of quaternary nitrogens is 1. The Morgan fingerprint density at radius 2 is 2.00 bits per heavy atom. The molecule has 0 bridgehead atoms. The quantitative estimate of drug-likeness (QED) is 0.604. The number of aryl methyl sites for hydroxylation is 1. The van der Waals surface area contributed by atoms with Crippen LogP contribution in [0.3, 0.4) is 0 Å². The van der Waals surface area contributed by atoms with Gasteiger partial charge in [-0.3, -0.25) is 4.79 Å². The number of hydrogen-bond donors (Lipinski definition) is 2. The number of nitrogens with zero attached hydrogens (tertiary/aromatic N) is 3. The summed E-state index contributed by atoms with van der Waals surface area (Å²) in [5, 5.41) is 13.8. The van der Waals surface area contributed by atoms with Crippen LogP contribution < -0.4 is 10.2 Å². The molecule has 1 amide bonds. The number of amides is 1. The number of carbonyl (C=O) groups is 1. The summed E-state index contributed by atoms with van der Waals surface area (Å²) in [7, 11) is 0. The van der Waals surface area contributed by atoms with Crippen LogP contribution in [0.2, 0.25) is 0 Å². The van der Waals surface area contributed by atoms with Crippen LogP contribution in [0.25, 0.3) is 10.9 Å². The van der Waals surface area contributed by atoms with Gasteiger partial charge in [-0.05, 0) is 44.7 Å². The van der Waals surface area contributed by atoms with Crippen molar-refractivity contribution >= 4 is 39.9 Å². The molecule has 0 saturated heterocycles. The number of hydrogen-bond acceptors (Lipinski definition) is 6. The molecule has 2 N–H and O–H groups in total. The molecule has 2 aromatic heterocycles. The lowest BCUT2D eigenvalue weighted by molar-refractivity contribution is -0.895. The largest absolute Gasteiger partial charge is 0.346 e. The lowest BCUT2D eigenvalue weighted by Gasteiger charge is -2.16. The topological polar surface area (TPSA) is 72.2 Å². The molecular formula is C19H24N5OS2+. The van der Waals surface area contributed by atoms with E-state index in [0.29, 0.717) is 12.1 Å². The van der Waals surface area contributed by atoms with E-state index in [1.165, 1.54) is 28.0 Å². The average Bonchev–Trinajstić information content (AvgIpc) is 3.09. The molecule has 0 aliphatic heterocycles. The minimum absolute atomic E-state index is 0.0598. The van der Waals surface area contributed by atoms with E-state index < -0.39 is 0 Å². The zero-order valence-corrected chi connectivity index (χ0v) is 17.4. The standard InChI is InChI=1S/C19H23N5OS2/c1-4-24(5-2)11-10-20-18(25)15-12-17(27-19-23-22-13(3)26-19)21-16-9-7-6-8-14(15)16/h6-9,12H,4-5,10-11H2,1-3H3,(H,20,25)/p+1. The smallest absolute Gasteiger partial charge is 0.252 e. The summed E-state index contributed by atoms with van der Waals surface area (Å²) in [6.45, 7) is 9.95. The Bertz CT molecular complexity index is 923. The van der Waals surface area contributed by atoms with Crippen molar-refractivity contribution in [3.8, 4) is 0 Å². The Kier molecular flexibility index (Phi) is 6.76. The van der Waals surface area contributed by atoms with Crippen molar-refractivity contribution in [1.82, 2.24) is 20.5 Å². The third-order valence-electron chi connectivity index (χ3n) is 4.40. The van der Waals surface area contributed by atoms with Gasteiger partial charge in [0, 0.05) is 5.39 Å². The fourth-order valence-electron chi connectivity index (χ4n) is 2.85. The number of fused-ring (bicyclic) bond motifs is 1. The van der Waals surface area contributed by atoms with Crippen LogP contribution >= 0.6 is 23.1 Å². The highest BCUT2D eigenvalue weighted by molar-refractivity contribution is 8.01. The number of carbonyl (C=O) groups excluding carboxylic acids is 1. The lowest BCUT2D eigenvalue weighted by Crippen LogP contribution is -3.12. The third-order valence-corrected chi connectivity index (χ3v) is 6.21. The van der Waals surface area contributed by atoms with Gasteiger partial charge < -0.3 is 10.2 Å². The second kappa shape index (κ2) is 9.25. The minimum Gasteiger partial charge on any atom is -0.346 e. The maximum absolute atomic E-state index is 12.8. The van der Waals surface area contributed by atoms with Crippen LogP contribution in [0, 0.1) is 6.92 Å². The van der Waals surface area contributed by atoms with Crippen molar-refractivity contribution in [3.63, 3.8) is 0 Å². The monoisotopic (exact) mass is 402 g/mol. The van der Waals surface area contributed by atoms with Gasteiger partial charge in [0.25, 0.3) is 5.91 Å². The molecule has 3 aromatic rings. The van der Waals surface area contributed by atoms with E-state index >= 15 is 0 Å². The molecule has 0 radical (unpaired) electrons. The van der Waals surface area contributed by atoms with Crippen LogP contribution in [0.5, 0.6) is 0 Å². The first-order valence-corrected chi connectivity index (χ1v) is 10.7. The summed E-state index contributed by atoms with van der Waals surface area (Å²) in [4.78, 5) is 19.0. The van der Waals surface area contributed by atoms with Gasteiger partial charge in [0.2, 0.25) is 0 Å². The van der Waals surface area contributed by atoms with Gasteiger partial charge in [-0.1, -0.05) is 29.5 Å². The molecular weight excluding hydrogens is 378 g/mol. The van der Waals surface area contributed by atoms with Crippen molar-refractivity contribution < 1.29 is 9.69 Å². The van der Waals surface area contributed by atoms with Gasteiger partial charge in [-0.15, -0.1) is 10.2 Å². The van der Waals surface area contributed by atoms with E-state index in [1.54, 1.807) is 0 Å². The SMILES string of the molecule is CC[NH+](CC)CCNC(=O)c1cc(Sc2nnc(C)s2)nc2ccccc12. The van der Waals surface area contributed by atoms with Crippen molar-refractivity contribution in [3.05, 3.63) is 40.9 Å². The molecule has 0 fully saturated rings. The van der Waals surface area contributed by atoms with Gasteiger partial charge in [-0.2, -0.15) is 0 Å². The number of likely N-dealkylation sites (N-methyl/N-ethyl adjacent to an activating group) is 1. The number of nitrogens with one attached hydrogen (secondary N) is 2. The van der Waals surface area contributed by atoms with Crippen LogP contribution in [-0.4, -0.2) is 47.3 Å². The van der Waals surface area contributed by atoms with Crippen LogP contribution in [0.4, 0.5) is 0 Å². The van der Waals surface area contributed by atoms with Crippen LogP contribution in [0.15, 0.2) is 39.7 Å². The molecule has 6 nitrogen and oxygen atoms in total. The molecule has 0 saturated carbocycles. The lowest BCUT2D eigenvalue weighted by atomic mass is 10.1. The predicted octanol–water partition coefficient (Wildman–Crippen LogP) is 2.20. The second-order valence-electron chi connectivity index (χ2n) is 6.18. The van der Waals surface area contributed by atoms with Crippen LogP contribution in [0.1, 0.15) is 29.2 Å². The predicted molar refractivity (Wildman–Crippen MR) is 110 cm³/mol. The molecule has 0 unspecified atom stereocenters. The Morgan fingerprint density at radius 1 is 1.22 bits per heavy atom. The molecule has 0 atom stereocenters. The van der Waals surface area contributed by atoms with E-state index in [9.17, 15) is 4.79 Å². The van der Waals surface area contributed by atoms with Gasteiger partial charge in [0.15, 0.2) is 4.34 Å². The summed E-state index contributed by atoms with van der Waals surface area (Å²) in [5.74, 6) is -0.0598. The molecule has 0 spiro atoms. The molecule has 0 aliphatic carbocycles. The highest BCUT2D eigenvalue weighted by atomic mass is 32.2. The van der Waals surface area contributed by atoms with E-state index in [0.717, 1.165) is 44.9 Å². The Morgan fingerprint density at radius 3 is 2.70 bits per heavy atom. The fourth-order valence-corrected chi connectivity index (χ4v) is 4.63. The van der Waals surface area contributed by atoms with Gasteiger partial charge in [0.05, 0.1) is 37.3 Å². The van der Waals surface area contributed by atoms with Crippen molar-refractivity contribution in [1.29, 1.82) is 0 Å². The number of pyridine rings is 1. The number of rotatable bonds is 8. The summed E-state index contributed by atoms with van der Waals surface area (Å²) in [6, 6.07) is 9.59. The molecule has 0 aliphatic rings. The van der Waals surface area contributed by atoms with Gasteiger partial charge in [-0.25, -0.2) is 4.98 Å². The summed E-state index contributed by atoms with van der Waals surface area (Å²) >= 11 is 2.96. The molecule has 142 valence electrons. The number of para-hydroxylation sites is 1. The molecule has 8 heteroatoms. The Labute approximate surface area is 167 Å². The van der Waals surface area contributed by atoms with E-state index in [-0.39, 0.29) is 5.91 Å². The summed E-state index contributed by atoms with van der Waals surface area (Å²) < 4.78 is 0.826. The van der Waals surface area contributed by atoms with E-state index in [1.807, 2.05) is 37.3 Å². The molecule has 2 heterocycles. The first kappa shape index (κ1) is 19.7. The Hall–Kier alpha value is -2.03. The normalized spacial score (nSPS) is 11.3. The fraction of sp³-hybridized carbons (Fsp3) is 0.368. The summed E-state index contributed by atoms with van der Waals surface area (Å²) in [6.07, 6.45) is 0.